The number of unbranched alkanes of at least 4 members (excludes halogenated alkanes) is 2. The topological polar surface area (TPSA) is 58.6 Å². The zero-order valence-electron chi connectivity index (χ0n) is 14.2. The van der Waals surface area contributed by atoms with Gasteiger partial charge in [0.05, 0.1) is 6.10 Å². The highest BCUT2D eigenvalue weighted by Gasteiger charge is 2.28. The second-order valence-corrected chi connectivity index (χ2v) is 7.74. The molecule has 0 bridgehead atoms. The molecule has 0 aromatic heterocycles. The minimum absolute atomic E-state index is 0.107. The highest BCUT2D eigenvalue weighted by Crippen LogP contribution is 2.16. The predicted molar refractivity (Wildman–Crippen MR) is 91.7 cm³/mol. The Balaban J connectivity index is 3.55. The number of hydrogen-bond donors (Lipinski definition) is 2. The van der Waals surface area contributed by atoms with E-state index in [0.717, 1.165) is 44.4 Å². The van der Waals surface area contributed by atoms with Crippen molar-refractivity contribution < 1.29 is 14.6 Å². The van der Waals surface area contributed by atoms with Crippen LogP contribution in [-0.2, 0) is 21.3 Å². The van der Waals surface area contributed by atoms with Gasteiger partial charge in [-0.3, -0.25) is 4.79 Å². The lowest BCUT2D eigenvalue weighted by Gasteiger charge is -2.22. The Bertz CT molecular complexity index is 272. The average molecular weight is 321 g/mol. The normalized spacial score (nSPS) is 13.2. The van der Waals surface area contributed by atoms with E-state index in [9.17, 15) is 4.79 Å². The number of ether oxygens (including phenoxy) is 1. The summed E-state index contributed by atoms with van der Waals surface area (Å²) in [6.07, 6.45) is 5.45. The van der Waals surface area contributed by atoms with E-state index < -0.39 is 0 Å². The lowest BCUT2D eigenvalue weighted by Crippen LogP contribution is -2.32. The van der Waals surface area contributed by atoms with Crippen molar-refractivity contribution in [2.75, 3.05) is 18.9 Å². The molecule has 0 saturated heterocycles. The van der Waals surface area contributed by atoms with Crippen LogP contribution in [0.5, 0.6) is 0 Å². The van der Waals surface area contributed by atoms with Gasteiger partial charge >= 0.3 is 0 Å². The SMILES string of the molecule is CCC(C)OC(C)(C)[SH+]CCCNC(=O)CCCCCO. The minimum atomic E-state index is -0.107. The van der Waals surface area contributed by atoms with Gasteiger partial charge in [0.1, 0.15) is 5.75 Å². The van der Waals surface area contributed by atoms with Crippen LogP contribution in [0.15, 0.2) is 0 Å². The molecule has 0 rings (SSSR count). The number of aliphatic hydroxyl groups excluding tert-OH is 1. The summed E-state index contributed by atoms with van der Waals surface area (Å²) in [5, 5.41) is 11.6. The molecule has 4 nitrogen and oxygen atoms in total. The summed E-state index contributed by atoms with van der Waals surface area (Å²) in [6.45, 7) is 9.45. The molecule has 0 aromatic carbocycles. The fourth-order valence-corrected chi connectivity index (χ4v) is 3.04. The van der Waals surface area contributed by atoms with Crippen LogP contribution in [-0.4, -0.2) is 41.0 Å². The molecule has 5 heteroatoms. The van der Waals surface area contributed by atoms with Gasteiger partial charge < -0.3 is 15.2 Å². The Morgan fingerprint density at radius 3 is 2.62 bits per heavy atom. The molecule has 0 saturated carbocycles. The van der Waals surface area contributed by atoms with E-state index in [-0.39, 0.29) is 17.4 Å². The monoisotopic (exact) mass is 320 g/mol. The number of carbonyl (C=O) groups excluding carboxylic acids is 1. The van der Waals surface area contributed by atoms with Crippen molar-refractivity contribution in [3.63, 3.8) is 0 Å². The maximum Gasteiger partial charge on any atom is 0.220 e. The molecule has 21 heavy (non-hydrogen) atoms. The maximum absolute atomic E-state index is 11.6. The van der Waals surface area contributed by atoms with E-state index in [0.29, 0.717) is 12.5 Å². The second-order valence-electron chi connectivity index (χ2n) is 5.90. The molecule has 0 aromatic rings. The molecule has 0 radical (unpaired) electrons. The summed E-state index contributed by atoms with van der Waals surface area (Å²) >= 11 is 1.28. The average Bonchev–Trinajstić information content (AvgIpc) is 2.42. The summed E-state index contributed by atoms with van der Waals surface area (Å²) in [4.78, 5) is 11.4. The zero-order chi connectivity index (χ0) is 16.1. The van der Waals surface area contributed by atoms with Crippen molar-refractivity contribution in [2.45, 2.75) is 77.3 Å². The van der Waals surface area contributed by atoms with E-state index >= 15 is 0 Å². The van der Waals surface area contributed by atoms with Gasteiger partial charge in [-0.2, -0.15) is 0 Å². The van der Waals surface area contributed by atoms with Crippen LogP contribution in [0.2, 0.25) is 0 Å². The first-order chi connectivity index (χ1) is 9.91. The standard InChI is InChI=1S/C16H33NO3S/c1-5-14(2)20-16(3,4)21-13-9-11-17-15(19)10-7-6-8-12-18/h14,18H,5-13H2,1-4H3,(H,17,19)/p+1. The van der Waals surface area contributed by atoms with Crippen LogP contribution in [0.3, 0.4) is 0 Å². The molecule has 126 valence electrons. The number of rotatable bonds is 13. The molecule has 1 unspecified atom stereocenters. The lowest BCUT2D eigenvalue weighted by molar-refractivity contribution is -0.121. The number of carbonyl (C=O) groups is 1. The molecule has 1 amide bonds. The van der Waals surface area contributed by atoms with Gasteiger partial charge in [-0.25, -0.2) is 0 Å². The molecular weight excluding hydrogens is 286 g/mol. The highest BCUT2D eigenvalue weighted by atomic mass is 32.2. The van der Waals surface area contributed by atoms with E-state index in [4.69, 9.17) is 9.84 Å². The molecule has 0 aliphatic rings. The van der Waals surface area contributed by atoms with E-state index in [1.165, 1.54) is 11.8 Å². The van der Waals surface area contributed by atoms with Crippen molar-refractivity contribution in [1.82, 2.24) is 5.32 Å². The molecule has 2 N–H and O–H groups in total. The Morgan fingerprint density at radius 1 is 1.29 bits per heavy atom. The van der Waals surface area contributed by atoms with Gasteiger partial charge in [0.25, 0.3) is 0 Å². The van der Waals surface area contributed by atoms with Crippen LogP contribution in [0, 0.1) is 0 Å². The Morgan fingerprint density at radius 2 is 2.00 bits per heavy atom. The lowest BCUT2D eigenvalue weighted by atomic mass is 10.2. The van der Waals surface area contributed by atoms with Gasteiger partial charge in [-0.1, -0.05) is 13.3 Å². The molecule has 0 spiro atoms. The summed E-state index contributed by atoms with van der Waals surface area (Å²) in [5.41, 5.74) is 0. The third-order valence-electron chi connectivity index (χ3n) is 3.28. The van der Waals surface area contributed by atoms with Gasteiger partial charge in [-0.05, 0) is 26.2 Å². The Kier molecular flexibility index (Phi) is 12.1. The van der Waals surface area contributed by atoms with Crippen LogP contribution in [0.25, 0.3) is 0 Å². The molecule has 1 atom stereocenters. The largest absolute Gasteiger partial charge is 0.396 e. The summed E-state index contributed by atoms with van der Waals surface area (Å²) in [6, 6.07) is 0. The number of aliphatic hydroxyl groups is 1. The number of nitrogens with one attached hydrogen (secondary N) is 1. The fraction of sp³-hybridized carbons (Fsp3) is 0.938. The van der Waals surface area contributed by atoms with Gasteiger partial charge in [0.2, 0.25) is 10.8 Å². The van der Waals surface area contributed by atoms with Crippen molar-refractivity contribution in [3.05, 3.63) is 0 Å². The van der Waals surface area contributed by atoms with Crippen LogP contribution >= 0.6 is 0 Å². The predicted octanol–water partition coefficient (Wildman–Crippen LogP) is 2.41. The molecular formula is C16H34NO3S+. The maximum atomic E-state index is 11.6. The van der Waals surface area contributed by atoms with Crippen molar-refractivity contribution in [1.29, 1.82) is 0 Å². The summed E-state index contributed by atoms with van der Waals surface area (Å²) in [7, 11) is 0. The van der Waals surface area contributed by atoms with Crippen molar-refractivity contribution in [2.24, 2.45) is 0 Å². The van der Waals surface area contributed by atoms with Crippen LogP contribution in [0.4, 0.5) is 0 Å². The smallest absolute Gasteiger partial charge is 0.220 e. The summed E-state index contributed by atoms with van der Waals surface area (Å²) < 4.78 is 5.97. The quantitative estimate of drug-likeness (QED) is 0.311. The molecule has 0 aliphatic carbocycles. The fourth-order valence-electron chi connectivity index (χ4n) is 1.93. The third-order valence-corrected chi connectivity index (χ3v) is 4.68. The van der Waals surface area contributed by atoms with E-state index in [2.05, 4.69) is 33.0 Å². The summed E-state index contributed by atoms with van der Waals surface area (Å²) in [5.74, 6) is 1.16. The molecule has 0 heterocycles. The van der Waals surface area contributed by atoms with Crippen molar-refractivity contribution >= 4 is 17.7 Å². The van der Waals surface area contributed by atoms with Crippen LogP contribution in [0.1, 0.15) is 66.2 Å². The third kappa shape index (κ3) is 13.1. The number of amides is 1. The van der Waals surface area contributed by atoms with Crippen LogP contribution < -0.4 is 5.32 Å². The highest BCUT2D eigenvalue weighted by molar-refractivity contribution is 7.79. The first-order valence-corrected chi connectivity index (χ1v) is 9.23. The van der Waals surface area contributed by atoms with E-state index in [1.807, 2.05) is 0 Å². The van der Waals surface area contributed by atoms with E-state index in [1.54, 1.807) is 0 Å². The molecule has 0 aliphatic heterocycles. The first-order valence-electron chi connectivity index (χ1n) is 8.15. The van der Waals surface area contributed by atoms with Gasteiger partial charge in [-0.15, -0.1) is 0 Å². The van der Waals surface area contributed by atoms with Gasteiger partial charge in [0, 0.05) is 51.6 Å². The second kappa shape index (κ2) is 12.3. The number of thiol groups is 1. The minimum Gasteiger partial charge on any atom is -0.396 e. The molecule has 0 fully saturated rings. The van der Waals surface area contributed by atoms with Crippen molar-refractivity contribution in [3.8, 4) is 0 Å². The van der Waals surface area contributed by atoms with Gasteiger partial charge in [0.15, 0.2) is 0 Å². The zero-order valence-corrected chi connectivity index (χ0v) is 15.0. The number of hydrogen-bond acceptors (Lipinski definition) is 3. The first kappa shape index (κ1) is 20.7. The Hall–Kier alpha value is -0.260. The Labute approximate surface area is 134 Å².